The number of hydrogen-bond donors (Lipinski definition) is 1. The lowest BCUT2D eigenvalue weighted by Crippen LogP contribution is -2.36. The van der Waals surface area contributed by atoms with Gasteiger partial charge in [-0.05, 0) is 43.0 Å². The van der Waals surface area contributed by atoms with Gasteiger partial charge in [0.2, 0.25) is 0 Å². The summed E-state index contributed by atoms with van der Waals surface area (Å²) in [5.74, 6) is 1.54. The average Bonchev–Trinajstić information content (AvgIpc) is 2.93. The summed E-state index contributed by atoms with van der Waals surface area (Å²) in [4.78, 5) is 0. The number of allylic oxidation sites excluding steroid dienone is 2. The van der Waals surface area contributed by atoms with Gasteiger partial charge in [0, 0.05) is 12.0 Å². The molecule has 1 aromatic rings. The summed E-state index contributed by atoms with van der Waals surface area (Å²) in [6.45, 7) is 9.36. The van der Waals surface area contributed by atoms with Crippen molar-refractivity contribution in [3.05, 3.63) is 42.0 Å². The van der Waals surface area contributed by atoms with Crippen LogP contribution >= 0.6 is 0 Å². The van der Waals surface area contributed by atoms with Crippen molar-refractivity contribution in [2.24, 2.45) is 5.92 Å². The van der Waals surface area contributed by atoms with Gasteiger partial charge in [-0.25, -0.2) is 0 Å². The highest BCUT2D eigenvalue weighted by molar-refractivity contribution is 5.35. The maximum atomic E-state index is 5.77. The Morgan fingerprint density at radius 1 is 1.15 bits per heavy atom. The molecule has 0 aliphatic heterocycles. The third-order valence-electron chi connectivity index (χ3n) is 3.95. The summed E-state index contributed by atoms with van der Waals surface area (Å²) in [5.41, 5.74) is 1.66. The highest BCUT2D eigenvalue weighted by Crippen LogP contribution is 2.37. The van der Waals surface area contributed by atoms with E-state index in [0.29, 0.717) is 5.92 Å². The van der Waals surface area contributed by atoms with Crippen molar-refractivity contribution >= 4 is 0 Å². The number of rotatable bonds is 7. The molecule has 0 heterocycles. The predicted octanol–water partition coefficient (Wildman–Crippen LogP) is 3.92. The van der Waals surface area contributed by atoms with Crippen LogP contribution in [0.25, 0.3) is 0 Å². The largest absolute Gasteiger partial charge is 0.493 e. The highest BCUT2D eigenvalue weighted by Gasteiger charge is 2.32. The molecular formula is C18H27NO. The second kappa shape index (κ2) is 6.94. The molecule has 2 heteroatoms. The van der Waals surface area contributed by atoms with Crippen LogP contribution < -0.4 is 10.1 Å². The minimum absolute atomic E-state index is 0.243. The van der Waals surface area contributed by atoms with Gasteiger partial charge in [0.05, 0.1) is 6.61 Å². The van der Waals surface area contributed by atoms with Crippen LogP contribution in [0.5, 0.6) is 5.75 Å². The van der Waals surface area contributed by atoms with Crippen molar-refractivity contribution < 1.29 is 4.74 Å². The van der Waals surface area contributed by atoms with Gasteiger partial charge in [-0.15, -0.1) is 0 Å². The standard InChI is InChI=1S/C18H27NO/c1-4-19-14-18(11-5-6-12-18)16-7-9-17(10-8-16)20-13-15(2)3/h5-10,15,19H,4,11-14H2,1-3H3. The van der Waals surface area contributed by atoms with Crippen molar-refractivity contribution in [1.82, 2.24) is 5.32 Å². The Bertz CT molecular complexity index is 425. The van der Waals surface area contributed by atoms with E-state index in [2.05, 4.69) is 62.5 Å². The maximum Gasteiger partial charge on any atom is 0.119 e. The minimum atomic E-state index is 0.243. The minimum Gasteiger partial charge on any atom is -0.493 e. The zero-order valence-electron chi connectivity index (χ0n) is 13.0. The monoisotopic (exact) mass is 273 g/mol. The number of hydrogen-bond acceptors (Lipinski definition) is 2. The van der Waals surface area contributed by atoms with Crippen molar-refractivity contribution in [2.75, 3.05) is 19.7 Å². The molecule has 0 saturated carbocycles. The number of ether oxygens (including phenoxy) is 1. The third-order valence-corrected chi connectivity index (χ3v) is 3.95. The van der Waals surface area contributed by atoms with Crippen LogP contribution in [-0.4, -0.2) is 19.7 Å². The first-order valence-electron chi connectivity index (χ1n) is 7.75. The molecule has 20 heavy (non-hydrogen) atoms. The molecule has 2 nitrogen and oxygen atoms in total. The maximum absolute atomic E-state index is 5.77. The van der Waals surface area contributed by atoms with Crippen molar-refractivity contribution in [1.29, 1.82) is 0 Å². The molecule has 0 aromatic heterocycles. The summed E-state index contributed by atoms with van der Waals surface area (Å²) in [5, 5.41) is 3.51. The van der Waals surface area contributed by atoms with Gasteiger partial charge in [0.1, 0.15) is 5.75 Å². The summed E-state index contributed by atoms with van der Waals surface area (Å²) in [6.07, 6.45) is 6.87. The number of likely N-dealkylation sites (N-methyl/N-ethyl adjacent to an activating group) is 1. The molecule has 0 atom stereocenters. The second-order valence-corrected chi connectivity index (χ2v) is 6.17. The lowest BCUT2D eigenvalue weighted by atomic mass is 9.78. The van der Waals surface area contributed by atoms with Crippen LogP contribution in [0.3, 0.4) is 0 Å². The van der Waals surface area contributed by atoms with E-state index in [9.17, 15) is 0 Å². The molecule has 0 unspecified atom stereocenters. The van der Waals surface area contributed by atoms with E-state index in [1.165, 1.54) is 5.56 Å². The lowest BCUT2D eigenvalue weighted by Gasteiger charge is -2.30. The molecule has 0 fully saturated rings. The van der Waals surface area contributed by atoms with Crippen LogP contribution in [0.15, 0.2) is 36.4 Å². The van der Waals surface area contributed by atoms with Crippen molar-refractivity contribution in [3.8, 4) is 5.75 Å². The number of nitrogens with one attached hydrogen (secondary N) is 1. The Balaban J connectivity index is 2.06. The van der Waals surface area contributed by atoms with Crippen LogP contribution in [-0.2, 0) is 5.41 Å². The molecule has 0 amide bonds. The van der Waals surface area contributed by atoms with Gasteiger partial charge < -0.3 is 10.1 Å². The smallest absolute Gasteiger partial charge is 0.119 e. The molecule has 0 saturated heterocycles. The van der Waals surface area contributed by atoms with E-state index in [1.807, 2.05) is 0 Å². The Hall–Kier alpha value is -1.28. The number of benzene rings is 1. The van der Waals surface area contributed by atoms with Crippen LogP contribution in [0.2, 0.25) is 0 Å². The van der Waals surface area contributed by atoms with E-state index in [4.69, 9.17) is 4.74 Å². The van der Waals surface area contributed by atoms with Gasteiger partial charge in [-0.1, -0.05) is 45.1 Å². The topological polar surface area (TPSA) is 21.3 Å². The van der Waals surface area contributed by atoms with Gasteiger partial charge in [0.15, 0.2) is 0 Å². The molecule has 1 N–H and O–H groups in total. The van der Waals surface area contributed by atoms with E-state index in [1.54, 1.807) is 0 Å². The Labute approximate surface area is 123 Å². The quantitative estimate of drug-likeness (QED) is 0.760. The first kappa shape index (κ1) is 15.1. The lowest BCUT2D eigenvalue weighted by molar-refractivity contribution is 0.271. The molecule has 1 aromatic carbocycles. The van der Waals surface area contributed by atoms with Crippen molar-refractivity contribution in [3.63, 3.8) is 0 Å². The van der Waals surface area contributed by atoms with Gasteiger partial charge in [0.25, 0.3) is 0 Å². The first-order valence-corrected chi connectivity index (χ1v) is 7.75. The van der Waals surface area contributed by atoms with Gasteiger partial charge in [-0.2, -0.15) is 0 Å². The second-order valence-electron chi connectivity index (χ2n) is 6.17. The Kier molecular flexibility index (Phi) is 5.24. The van der Waals surface area contributed by atoms with E-state index in [-0.39, 0.29) is 5.41 Å². The van der Waals surface area contributed by atoms with Gasteiger partial charge in [-0.3, -0.25) is 0 Å². The molecule has 2 rings (SSSR count). The van der Waals surface area contributed by atoms with Crippen LogP contribution in [0.1, 0.15) is 39.2 Å². The van der Waals surface area contributed by atoms with Crippen molar-refractivity contribution in [2.45, 2.75) is 39.0 Å². The Morgan fingerprint density at radius 3 is 2.35 bits per heavy atom. The van der Waals surface area contributed by atoms with Gasteiger partial charge >= 0.3 is 0 Å². The molecule has 1 aliphatic rings. The fraction of sp³-hybridized carbons (Fsp3) is 0.556. The predicted molar refractivity (Wildman–Crippen MR) is 85.4 cm³/mol. The molecule has 1 aliphatic carbocycles. The zero-order valence-corrected chi connectivity index (χ0v) is 13.0. The fourth-order valence-electron chi connectivity index (χ4n) is 2.72. The normalized spacial score (nSPS) is 16.8. The zero-order chi connectivity index (χ0) is 14.4. The fourth-order valence-corrected chi connectivity index (χ4v) is 2.72. The molecule has 0 spiro atoms. The van der Waals surface area contributed by atoms with Crippen LogP contribution in [0, 0.1) is 5.92 Å². The summed E-state index contributed by atoms with van der Waals surface area (Å²) in [7, 11) is 0. The highest BCUT2D eigenvalue weighted by atomic mass is 16.5. The molecular weight excluding hydrogens is 246 g/mol. The summed E-state index contributed by atoms with van der Waals surface area (Å²) >= 11 is 0. The molecule has 110 valence electrons. The summed E-state index contributed by atoms with van der Waals surface area (Å²) in [6, 6.07) is 8.70. The van der Waals surface area contributed by atoms with E-state index in [0.717, 1.165) is 38.3 Å². The first-order chi connectivity index (χ1) is 9.66. The summed E-state index contributed by atoms with van der Waals surface area (Å²) < 4.78 is 5.77. The Morgan fingerprint density at radius 2 is 1.80 bits per heavy atom. The molecule has 0 bridgehead atoms. The molecule has 0 radical (unpaired) electrons. The van der Waals surface area contributed by atoms with E-state index >= 15 is 0 Å². The van der Waals surface area contributed by atoms with E-state index < -0.39 is 0 Å². The SMILES string of the molecule is CCNCC1(c2ccc(OCC(C)C)cc2)CC=CC1. The third kappa shape index (κ3) is 3.63. The average molecular weight is 273 g/mol. The van der Waals surface area contributed by atoms with Crippen LogP contribution in [0.4, 0.5) is 0 Å².